The summed E-state index contributed by atoms with van der Waals surface area (Å²) in [6.45, 7) is 5.02. The molecule has 0 bridgehead atoms. The predicted molar refractivity (Wildman–Crippen MR) is 170 cm³/mol. The van der Waals surface area contributed by atoms with Crippen LogP contribution in [0.3, 0.4) is 0 Å². The number of benzene rings is 2. The molecule has 4 rings (SSSR count). The van der Waals surface area contributed by atoms with Gasteiger partial charge in [-0.1, -0.05) is 50.2 Å². The molecule has 2 amide bonds. The lowest BCUT2D eigenvalue weighted by atomic mass is 9.95. The van der Waals surface area contributed by atoms with Crippen molar-refractivity contribution < 1.29 is 33.7 Å². The minimum atomic E-state index is -1.27. The second kappa shape index (κ2) is 14.1. The zero-order chi connectivity index (χ0) is 32.8. The highest BCUT2D eigenvalue weighted by Crippen LogP contribution is 2.50. The van der Waals surface area contributed by atoms with Crippen LogP contribution in [-0.2, 0) is 20.8 Å². The monoisotopic (exact) mass is 617 g/mol. The van der Waals surface area contributed by atoms with Crippen molar-refractivity contribution in [2.45, 2.75) is 51.7 Å². The largest absolute Gasteiger partial charge is 0.493 e. The molecule has 11 nitrogen and oxygen atoms in total. The van der Waals surface area contributed by atoms with Gasteiger partial charge in [0.2, 0.25) is 23.0 Å². The first-order chi connectivity index (χ1) is 21.5. The Morgan fingerprint density at radius 3 is 2.20 bits per heavy atom. The minimum Gasteiger partial charge on any atom is -0.493 e. The van der Waals surface area contributed by atoms with E-state index >= 15 is 0 Å². The van der Waals surface area contributed by atoms with E-state index in [1.165, 1.54) is 34.3 Å². The quantitative estimate of drug-likeness (QED) is 0.248. The average Bonchev–Trinajstić information content (AvgIpc) is 3.25. The van der Waals surface area contributed by atoms with Crippen LogP contribution in [0.5, 0.6) is 17.2 Å². The van der Waals surface area contributed by atoms with E-state index in [2.05, 4.69) is 16.0 Å². The molecule has 4 N–H and O–H groups in total. The van der Waals surface area contributed by atoms with Crippen LogP contribution in [-0.4, -0.2) is 50.3 Å². The zero-order valence-corrected chi connectivity index (χ0v) is 26.2. The summed E-state index contributed by atoms with van der Waals surface area (Å²) in [5.74, 6) is -1.06. The topological polar surface area (TPSA) is 152 Å². The van der Waals surface area contributed by atoms with Crippen molar-refractivity contribution in [1.82, 2.24) is 10.6 Å². The van der Waals surface area contributed by atoms with Crippen LogP contribution >= 0.6 is 0 Å². The molecule has 0 aliphatic heterocycles. The number of ether oxygens (including phenoxy) is 3. The molecule has 3 atom stereocenters. The van der Waals surface area contributed by atoms with Crippen LogP contribution in [0.1, 0.15) is 56.0 Å². The normalized spacial score (nSPS) is 15.0. The van der Waals surface area contributed by atoms with Crippen LogP contribution in [0.4, 0.5) is 5.69 Å². The number of hydrogen-bond donors (Lipinski definition) is 4. The first kappa shape index (κ1) is 32.8. The molecule has 0 saturated carbocycles. The van der Waals surface area contributed by atoms with Crippen LogP contribution in [0.15, 0.2) is 59.4 Å². The van der Waals surface area contributed by atoms with Crippen LogP contribution < -0.4 is 35.6 Å². The van der Waals surface area contributed by atoms with Gasteiger partial charge in [0, 0.05) is 12.5 Å². The molecule has 0 heterocycles. The van der Waals surface area contributed by atoms with Gasteiger partial charge in [0.15, 0.2) is 17.5 Å². The maximum atomic E-state index is 13.8. The number of anilines is 1. The lowest BCUT2D eigenvalue weighted by Crippen LogP contribution is -2.46. The Hall–Kier alpha value is -5.06. The molecule has 1 aliphatic rings. The molecule has 1 aliphatic carbocycles. The van der Waals surface area contributed by atoms with Crippen molar-refractivity contribution in [3.05, 3.63) is 81.5 Å². The molecule has 0 unspecified atom stereocenters. The molecule has 0 aromatic heterocycles. The molecular weight excluding hydrogens is 578 g/mol. The molecule has 45 heavy (non-hydrogen) atoms. The standard InChI is InChI=1S/C34H39N3O8/c1-18(2)29(33(40)37-30(34(41)42)20-10-8-7-9-11-20)36-25-15-13-22-23(17-26(25)39)24(35-19(3)38)14-12-21-16-27(43-4)31(44-5)32(45-6)28(21)22/h7-11,13,15-18,24,29-30H,12,14H2,1-6H3,(H,35,38)(H,36,39)(H,37,40)(H,41,42)/t24-,29-,30-/m0/s1. The number of fused-ring (bicyclic) bond motifs is 3. The van der Waals surface area contributed by atoms with Gasteiger partial charge in [0.25, 0.3) is 0 Å². The van der Waals surface area contributed by atoms with Gasteiger partial charge in [-0.15, -0.1) is 0 Å². The fraction of sp³-hybridized carbons (Fsp3) is 0.353. The predicted octanol–water partition coefficient (Wildman–Crippen LogP) is 4.24. The Bertz CT molecular complexity index is 1640. The molecule has 0 fully saturated rings. The number of aliphatic carboxylic acids is 1. The van der Waals surface area contributed by atoms with Crippen molar-refractivity contribution >= 4 is 23.5 Å². The molecule has 3 aromatic carbocycles. The van der Waals surface area contributed by atoms with Gasteiger partial charge in [0.1, 0.15) is 6.04 Å². The van der Waals surface area contributed by atoms with E-state index in [1.54, 1.807) is 56.3 Å². The van der Waals surface area contributed by atoms with E-state index in [4.69, 9.17) is 14.2 Å². The SMILES string of the molecule is COc1cc2c(c(OC)c1OC)-c1ccc(N[C@H](C(=O)N[C@H](C(=O)O)c3ccccc3)C(C)C)c(=O)cc1[C@@H](NC(C)=O)CC2. The summed E-state index contributed by atoms with van der Waals surface area (Å²) in [7, 11) is 4.57. The van der Waals surface area contributed by atoms with Crippen molar-refractivity contribution in [3.63, 3.8) is 0 Å². The third-order valence-electron chi connectivity index (χ3n) is 7.84. The smallest absolute Gasteiger partial charge is 0.330 e. The molecule has 11 heteroatoms. The van der Waals surface area contributed by atoms with Crippen molar-refractivity contribution in [3.8, 4) is 28.4 Å². The molecule has 238 valence electrons. The summed E-state index contributed by atoms with van der Waals surface area (Å²) in [4.78, 5) is 51.6. The van der Waals surface area contributed by atoms with E-state index < -0.39 is 35.4 Å². The Morgan fingerprint density at radius 1 is 0.933 bits per heavy atom. The van der Waals surface area contributed by atoms with Gasteiger partial charge in [0.05, 0.1) is 33.1 Å². The van der Waals surface area contributed by atoms with E-state index in [0.29, 0.717) is 52.3 Å². The maximum Gasteiger partial charge on any atom is 0.330 e. The van der Waals surface area contributed by atoms with Gasteiger partial charge in [-0.25, -0.2) is 4.79 Å². The van der Waals surface area contributed by atoms with E-state index in [1.807, 2.05) is 6.07 Å². The third kappa shape index (κ3) is 7.03. The lowest BCUT2D eigenvalue weighted by molar-refractivity contribution is -0.142. The maximum absolute atomic E-state index is 13.8. The number of carbonyl (C=O) groups is 3. The van der Waals surface area contributed by atoms with Crippen molar-refractivity contribution in [2.75, 3.05) is 26.6 Å². The fourth-order valence-corrected chi connectivity index (χ4v) is 5.69. The van der Waals surface area contributed by atoms with Gasteiger partial charge in [-0.05, 0) is 59.2 Å². The molecular formula is C34H39N3O8. The summed E-state index contributed by atoms with van der Waals surface area (Å²) in [5.41, 5.74) is 2.94. The van der Waals surface area contributed by atoms with Gasteiger partial charge in [-0.2, -0.15) is 0 Å². The summed E-state index contributed by atoms with van der Waals surface area (Å²) in [6.07, 6.45) is 1.05. The number of amides is 2. The number of aryl methyl sites for hydroxylation is 1. The van der Waals surface area contributed by atoms with E-state index in [9.17, 15) is 24.3 Å². The minimum absolute atomic E-state index is 0.131. The summed E-state index contributed by atoms with van der Waals surface area (Å²) >= 11 is 0. The number of methoxy groups -OCH3 is 3. The van der Waals surface area contributed by atoms with E-state index in [-0.39, 0.29) is 17.5 Å². The summed E-state index contributed by atoms with van der Waals surface area (Å²) in [5, 5.41) is 18.5. The van der Waals surface area contributed by atoms with Gasteiger partial charge < -0.3 is 35.3 Å². The van der Waals surface area contributed by atoms with E-state index in [0.717, 1.165) is 5.56 Å². The number of carboxylic acid groups (broad SMARTS) is 1. The molecule has 3 aromatic rings. The molecule has 0 saturated heterocycles. The van der Waals surface area contributed by atoms with Crippen LogP contribution in [0, 0.1) is 5.92 Å². The summed E-state index contributed by atoms with van der Waals surface area (Å²) < 4.78 is 17.0. The third-order valence-corrected chi connectivity index (χ3v) is 7.84. The zero-order valence-electron chi connectivity index (χ0n) is 26.2. The average molecular weight is 618 g/mol. The molecule has 0 radical (unpaired) electrons. The van der Waals surface area contributed by atoms with Crippen molar-refractivity contribution in [1.29, 1.82) is 0 Å². The Balaban J connectivity index is 1.83. The van der Waals surface area contributed by atoms with Crippen molar-refractivity contribution in [2.24, 2.45) is 5.92 Å². The number of carbonyl (C=O) groups excluding carboxylic acids is 2. The Morgan fingerprint density at radius 2 is 1.62 bits per heavy atom. The number of rotatable bonds is 11. The molecule has 0 spiro atoms. The number of carboxylic acids is 1. The lowest BCUT2D eigenvalue weighted by Gasteiger charge is -2.24. The highest BCUT2D eigenvalue weighted by molar-refractivity contribution is 5.90. The van der Waals surface area contributed by atoms with Crippen LogP contribution in [0.2, 0.25) is 0 Å². The highest BCUT2D eigenvalue weighted by Gasteiger charge is 2.31. The van der Waals surface area contributed by atoms with Gasteiger partial charge >= 0.3 is 5.97 Å². The number of hydrogen-bond acceptors (Lipinski definition) is 8. The Kier molecular flexibility index (Phi) is 10.3. The second-order valence-electron chi connectivity index (χ2n) is 11.2. The fourth-order valence-electron chi connectivity index (χ4n) is 5.69. The van der Waals surface area contributed by atoms with Gasteiger partial charge in [-0.3, -0.25) is 14.4 Å². The highest BCUT2D eigenvalue weighted by atomic mass is 16.5. The first-order valence-corrected chi connectivity index (χ1v) is 14.6. The number of nitrogens with one attached hydrogen (secondary N) is 3. The second-order valence-corrected chi connectivity index (χ2v) is 11.2. The summed E-state index contributed by atoms with van der Waals surface area (Å²) in [6, 6.07) is 12.4. The first-order valence-electron chi connectivity index (χ1n) is 14.6. The van der Waals surface area contributed by atoms with Crippen LogP contribution in [0.25, 0.3) is 11.1 Å². The Labute approximate surface area is 261 Å².